The number of halogens is 3. The molecule has 6 nitrogen and oxygen atoms in total. The predicted molar refractivity (Wildman–Crippen MR) is 111 cm³/mol. The van der Waals surface area contributed by atoms with Crippen LogP contribution in [0.4, 0.5) is 18.9 Å². The molecule has 2 heterocycles. The SMILES string of the molecule is Cc1nc2ccccn2c1C(=O)NCCCCCC(=O)Nc1ccccc1C(F)(F)F. The van der Waals surface area contributed by atoms with Crippen LogP contribution >= 0.6 is 0 Å². The Morgan fingerprint density at radius 1 is 1.03 bits per heavy atom. The van der Waals surface area contributed by atoms with Crippen LogP contribution in [0.15, 0.2) is 48.7 Å². The molecule has 0 spiro atoms. The van der Waals surface area contributed by atoms with Gasteiger partial charge in [0.25, 0.3) is 5.91 Å². The van der Waals surface area contributed by atoms with Crippen LogP contribution in [0.2, 0.25) is 0 Å². The van der Waals surface area contributed by atoms with Crippen LogP contribution in [0, 0.1) is 6.92 Å². The maximum Gasteiger partial charge on any atom is 0.418 e. The molecular formula is C22H23F3N4O2. The van der Waals surface area contributed by atoms with Crippen LogP contribution in [0.25, 0.3) is 5.65 Å². The Morgan fingerprint density at radius 3 is 2.55 bits per heavy atom. The molecule has 3 rings (SSSR count). The van der Waals surface area contributed by atoms with Crippen LogP contribution in [-0.4, -0.2) is 27.7 Å². The van der Waals surface area contributed by atoms with Crippen LogP contribution < -0.4 is 10.6 Å². The number of alkyl halides is 3. The van der Waals surface area contributed by atoms with Crippen molar-refractivity contribution < 1.29 is 22.8 Å². The van der Waals surface area contributed by atoms with E-state index in [4.69, 9.17) is 0 Å². The topological polar surface area (TPSA) is 75.5 Å². The monoisotopic (exact) mass is 432 g/mol. The van der Waals surface area contributed by atoms with Gasteiger partial charge in [0, 0.05) is 19.2 Å². The lowest BCUT2D eigenvalue weighted by Crippen LogP contribution is -2.26. The van der Waals surface area contributed by atoms with Crippen molar-refractivity contribution in [3.63, 3.8) is 0 Å². The van der Waals surface area contributed by atoms with Gasteiger partial charge < -0.3 is 10.6 Å². The molecule has 0 aliphatic rings. The number of hydrogen-bond acceptors (Lipinski definition) is 3. The molecular weight excluding hydrogens is 409 g/mol. The van der Waals surface area contributed by atoms with Gasteiger partial charge in [-0.2, -0.15) is 13.2 Å². The van der Waals surface area contributed by atoms with E-state index in [-0.39, 0.29) is 18.0 Å². The highest BCUT2D eigenvalue weighted by atomic mass is 19.4. The van der Waals surface area contributed by atoms with Crippen LogP contribution in [0.3, 0.4) is 0 Å². The number of nitrogens with one attached hydrogen (secondary N) is 2. The van der Waals surface area contributed by atoms with E-state index in [2.05, 4.69) is 15.6 Å². The second-order valence-electron chi connectivity index (χ2n) is 7.13. The minimum atomic E-state index is -4.53. The molecule has 9 heteroatoms. The molecule has 0 atom stereocenters. The normalized spacial score (nSPS) is 11.5. The Bertz CT molecular complexity index is 1080. The molecule has 1 aromatic carbocycles. The van der Waals surface area contributed by atoms with E-state index in [9.17, 15) is 22.8 Å². The molecule has 3 aromatic rings. The van der Waals surface area contributed by atoms with Gasteiger partial charge in [-0.1, -0.05) is 24.6 Å². The number of unbranched alkanes of at least 4 members (excludes halogenated alkanes) is 2. The van der Waals surface area contributed by atoms with Crippen LogP contribution in [-0.2, 0) is 11.0 Å². The Hall–Kier alpha value is -3.36. The van der Waals surface area contributed by atoms with Gasteiger partial charge in [-0.05, 0) is 44.0 Å². The van der Waals surface area contributed by atoms with Crippen molar-refractivity contribution >= 4 is 23.1 Å². The minimum absolute atomic E-state index is 0.104. The van der Waals surface area contributed by atoms with E-state index < -0.39 is 17.6 Å². The number of anilines is 1. The first-order chi connectivity index (χ1) is 14.8. The van der Waals surface area contributed by atoms with Gasteiger partial charge in [-0.25, -0.2) is 4.98 Å². The molecule has 2 N–H and O–H groups in total. The molecule has 0 bridgehead atoms. The van der Waals surface area contributed by atoms with Crippen molar-refractivity contribution in [2.24, 2.45) is 0 Å². The second kappa shape index (κ2) is 9.63. The first-order valence-corrected chi connectivity index (χ1v) is 9.95. The average Bonchev–Trinajstić information content (AvgIpc) is 3.05. The van der Waals surface area contributed by atoms with Gasteiger partial charge in [-0.3, -0.25) is 14.0 Å². The van der Waals surface area contributed by atoms with E-state index in [1.165, 1.54) is 18.2 Å². The standard InChI is InChI=1S/C22H23F3N4O2/c1-15-20(29-14-8-6-11-18(29)27-15)21(31)26-13-7-2-3-12-19(30)28-17-10-5-4-9-16(17)22(23,24)25/h4-6,8-11,14H,2-3,7,12-13H2,1H3,(H,26,31)(H,28,30). The summed E-state index contributed by atoms with van der Waals surface area (Å²) in [4.78, 5) is 28.8. The molecule has 164 valence electrons. The molecule has 0 fully saturated rings. The number of pyridine rings is 1. The van der Waals surface area contributed by atoms with E-state index >= 15 is 0 Å². The van der Waals surface area contributed by atoms with Gasteiger partial charge in [0.05, 0.1) is 16.9 Å². The van der Waals surface area contributed by atoms with Crippen molar-refractivity contribution in [3.05, 3.63) is 65.6 Å². The molecule has 0 saturated heterocycles. The van der Waals surface area contributed by atoms with Gasteiger partial charge in [0.2, 0.25) is 5.91 Å². The zero-order valence-corrected chi connectivity index (χ0v) is 17.0. The Labute approximate surface area is 177 Å². The number of fused-ring (bicyclic) bond motifs is 1. The number of aryl methyl sites for hydroxylation is 1. The highest BCUT2D eigenvalue weighted by Gasteiger charge is 2.33. The number of carbonyl (C=O) groups is 2. The molecule has 2 aromatic heterocycles. The summed E-state index contributed by atoms with van der Waals surface area (Å²) in [5.41, 5.74) is 0.713. The lowest BCUT2D eigenvalue weighted by molar-refractivity contribution is -0.137. The van der Waals surface area contributed by atoms with E-state index in [0.717, 1.165) is 6.07 Å². The summed E-state index contributed by atoms with van der Waals surface area (Å²) < 4.78 is 40.7. The van der Waals surface area contributed by atoms with Crippen molar-refractivity contribution in [1.82, 2.24) is 14.7 Å². The van der Waals surface area contributed by atoms with Crippen molar-refractivity contribution in [3.8, 4) is 0 Å². The highest BCUT2D eigenvalue weighted by molar-refractivity contribution is 5.94. The second-order valence-corrected chi connectivity index (χ2v) is 7.13. The lowest BCUT2D eigenvalue weighted by Gasteiger charge is -2.13. The van der Waals surface area contributed by atoms with Gasteiger partial charge in [0.1, 0.15) is 11.3 Å². The van der Waals surface area contributed by atoms with Crippen LogP contribution in [0.5, 0.6) is 0 Å². The first-order valence-electron chi connectivity index (χ1n) is 9.95. The number of para-hydroxylation sites is 1. The van der Waals surface area contributed by atoms with Crippen LogP contribution in [0.1, 0.15) is 47.4 Å². The summed E-state index contributed by atoms with van der Waals surface area (Å²) in [6, 6.07) is 10.4. The zero-order chi connectivity index (χ0) is 22.4. The quantitative estimate of drug-likeness (QED) is 0.511. The summed E-state index contributed by atoms with van der Waals surface area (Å²) in [6.45, 7) is 2.20. The fourth-order valence-corrected chi connectivity index (χ4v) is 3.31. The molecule has 0 aliphatic heterocycles. The van der Waals surface area contributed by atoms with Gasteiger partial charge in [0.15, 0.2) is 0 Å². The fourth-order valence-electron chi connectivity index (χ4n) is 3.31. The number of carbonyl (C=O) groups excluding carboxylic acids is 2. The Balaban J connectivity index is 1.40. The number of amides is 2. The number of rotatable bonds is 8. The smallest absolute Gasteiger partial charge is 0.351 e. The molecule has 0 unspecified atom stereocenters. The van der Waals surface area contributed by atoms with E-state index in [0.29, 0.717) is 42.8 Å². The van der Waals surface area contributed by atoms with Gasteiger partial charge in [-0.15, -0.1) is 0 Å². The number of imidazole rings is 1. The van der Waals surface area contributed by atoms with Crippen molar-refractivity contribution in [1.29, 1.82) is 0 Å². The number of nitrogens with zero attached hydrogens (tertiary/aromatic N) is 2. The Morgan fingerprint density at radius 2 is 1.77 bits per heavy atom. The minimum Gasteiger partial charge on any atom is -0.351 e. The maximum atomic E-state index is 13.0. The largest absolute Gasteiger partial charge is 0.418 e. The van der Waals surface area contributed by atoms with E-state index in [1.807, 2.05) is 18.2 Å². The molecule has 2 amide bonds. The number of hydrogen-bond donors (Lipinski definition) is 2. The third kappa shape index (κ3) is 5.62. The van der Waals surface area contributed by atoms with Crippen molar-refractivity contribution in [2.75, 3.05) is 11.9 Å². The molecule has 31 heavy (non-hydrogen) atoms. The van der Waals surface area contributed by atoms with Crippen molar-refractivity contribution in [2.45, 2.75) is 38.8 Å². The third-order valence-electron chi connectivity index (χ3n) is 4.79. The summed E-state index contributed by atoms with van der Waals surface area (Å²) in [7, 11) is 0. The highest BCUT2D eigenvalue weighted by Crippen LogP contribution is 2.34. The summed E-state index contributed by atoms with van der Waals surface area (Å²) in [5.74, 6) is -0.695. The molecule has 0 radical (unpaired) electrons. The molecule has 0 aliphatic carbocycles. The number of benzene rings is 1. The predicted octanol–water partition coefficient (Wildman–Crippen LogP) is 4.59. The summed E-state index contributed by atoms with van der Waals surface area (Å²) in [6.07, 6.45) is -0.840. The maximum absolute atomic E-state index is 13.0. The lowest BCUT2D eigenvalue weighted by atomic mass is 10.1. The molecule has 0 saturated carbocycles. The summed E-state index contributed by atoms with van der Waals surface area (Å²) >= 11 is 0. The van der Waals surface area contributed by atoms with E-state index in [1.54, 1.807) is 17.5 Å². The van der Waals surface area contributed by atoms with Gasteiger partial charge >= 0.3 is 6.18 Å². The Kier molecular flexibility index (Phi) is 6.94. The zero-order valence-electron chi connectivity index (χ0n) is 17.0. The number of aromatic nitrogens is 2. The fraction of sp³-hybridized carbons (Fsp3) is 0.318. The third-order valence-corrected chi connectivity index (χ3v) is 4.79. The summed E-state index contributed by atoms with van der Waals surface area (Å²) in [5, 5.41) is 5.17. The average molecular weight is 432 g/mol. The first kappa shape index (κ1) is 22.3.